The van der Waals surface area contributed by atoms with Crippen molar-refractivity contribution in [3.8, 4) is 0 Å². The van der Waals surface area contributed by atoms with E-state index in [0.29, 0.717) is 24.8 Å². The minimum atomic E-state index is -0.504. The van der Waals surface area contributed by atoms with Crippen molar-refractivity contribution in [2.24, 2.45) is 0 Å². The molecule has 1 aliphatic heterocycles. The summed E-state index contributed by atoms with van der Waals surface area (Å²) in [5, 5.41) is 12.4. The molecule has 0 bridgehead atoms. The fraction of sp³-hybridized carbons (Fsp3) is 0.500. The number of ether oxygens (including phenoxy) is 1. The van der Waals surface area contributed by atoms with Crippen LogP contribution in [0.15, 0.2) is 12.4 Å². The van der Waals surface area contributed by atoms with Crippen molar-refractivity contribution in [1.29, 1.82) is 0 Å². The summed E-state index contributed by atoms with van der Waals surface area (Å²) in [7, 11) is 0. The van der Waals surface area contributed by atoms with Gasteiger partial charge in [0.25, 0.3) is 0 Å². The van der Waals surface area contributed by atoms with Crippen LogP contribution in [0.25, 0.3) is 0 Å². The Bertz CT molecular complexity index is 303. The van der Waals surface area contributed by atoms with Crippen LogP contribution in [0, 0.1) is 0 Å². The highest BCUT2D eigenvalue weighted by atomic mass is 16.5. The van der Waals surface area contributed by atoms with E-state index in [1.54, 1.807) is 0 Å². The first kappa shape index (κ1) is 9.17. The normalized spacial score (nSPS) is 26.4. The molecule has 1 saturated heterocycles. The van der Waals surface area contributed by atoms with Crippen LogP contribution in [0.2, 0.25) is 0 Å². The van der Waals surface area contributed by atoms with Gasteiger partial charge in [0, 0.05) is 0 Å². The Morgan fingerprint density at radius 2 is 2.14 bits per heavy atom. The first-order chi connectivity index (χ1) is 6.75. The number of aliphatic hydroxyl groups is 1. The quantitative estimate of drug-likeness (QED) is 0.575. The highest BCUT2D eigenvalue weighted by Gasteiger charge is 2.26. The van der Waals surface area contributed by atoms with Gasteiger partial charge in [0.1, 0.15) is 0 Å². The Morgan fingerprint density at radius 3 is 2.71 bits per heavy atom. The minimum Gasteiger partial charge on any atom is -0.396 e. The molecule has 4 N–H and O–H groups in total. The second-order valence-corrected chi connectivity index (χ2v) is 3.20. The van der Waals surface area contributed by atoms with Crippen LogP contribution in [0.1, 0.15) is 0 Å². The van der Waals surface area contributed by atoms with Crippen molar-refractivity contribution in [3.05, 3.63) is 12.4 Å². The lowest BCUT2D eigenvalue weighted by Crippen LogP contribution is -2.32. The van der Waals surface area contributed by atoms with E-state index in [-0.39, 0.29) is 6.04 Å². The molecule has 0 aliphatic carbocycles. The SMILES string of the molecule is Nc1cnc(N[C@@H]2COC[C@H]2O)nc1. The number of nitrogens with two attached hydrogens (primary N) is 1. The number of nitrogen functional groups attached to an aromatic ring is 1. The molecule has 0 radical (unpaired) electrons. The summed E-state index contributed by atoms with van der Waals surface area (Å²) in [5.41, 5.74) is 5.95. The number of hydrogen-bond donors (Lipinski definition) is 3. The van der Waals surface area contributed by atoms with Gasteiger partial charge < -0.3 is 20.9 Å². The average Bonchev–Trinajstić information content (AvgIpc) is 2.56. The topological polar surface area (TPSA) is 93.3 Å². The van der Waals surface area contributed by atoms with Crippen molar-refractivity contribution in [2.75, 3.05) is 24.3 Å². The predicted octanol–water partition coefficient (Wildman–Crippen LogP) is -0.770. The fourth-order valence-corrected chi connectivity index (χ4v) is 1.26. The Kier molecular flexibility index (Phi) is 2.47. The Morgan fingerprint density at radius 1 is 1.43 bits per heavy atom. The summed E-state index contributed by atoms with van der Waals surface area (Å²) >= 11 is 0. The molecule has 14 heavy (non-hydrogen) atoms. The molecule has 0 saturated carbocycles. The van der Waals surface area contributed by atoms with Crippen LogP contribution < -0.4 is 11.1 Å². The number of aromatic nitrogens is 2. The van der Waals surface area contributed by atoms with Gasteiger partial charge in [0.2, 0.25) is 5.95 Å². The van der Waals surface area contributed by atoms with Gasteiger partial charge in [0.05, 0.1) is 43.4 Å². The predicted molar refractivity (Wildman–Crippen MR) is 50.7 cm³/mol. The molecule has 1 aromatic rings. The lowest BCUT2D eigenvalue weighted by atomic mass is 10.2. The van der Waals surface area contributed by atoms with Gasteiger partial charge in [-0.3, -0.25) is 0 Å². The number of anilines is 2. The Labute approximate surface area is 81.1 Å². The van der Waals surface area contributed by atoms with Gasteiger partial charge in [-0.15, -0.1) is 0 Å². The van der Waals surface area contributed by atoms with Crippen molar-refractivity contribution < 1.29 is 9.84 Å². The molecule has 2 heterocycles. The van der Waals surface area contributed by atoms with Gasteiger partial charge in [-0.1, -0.05) is 0 Å². The molecule has 2 atom stereocenters. The lowest BCUT2D eigenvalue weighted by Gasteiger charge is -2.13. The third-order valence-corrected chi connectivity index (χ3v) is 2.04. The minimum absolute atomic E-state index is 0.140. The zero-order valence-corrected chi connectivity index (χ0v) is 7.55. The highest BCUT2D eigenvalue weighted by Crippen LogP contribution is 2.10. The fourth-order valence-electron chi connectivity index (χ4n) is 1.26. The molecule has 76 valence electrons. The first-order valence-corrected chi connectivity index (χ1v) is 4.35. The third-order valence-electron chi connectivity index (χ3n) is 2.04. The van der Waals surface area contributed by atoms with E-state index in [2.05, 4.69) is 15.3 Å². The smallest absolute Gasteiger partial charge is 0.223 e. The molecule has 0 unspecified atom stereocenters. The second kappa shape index (κ2) is 3.77. The summed E-state index contributed by atoms with van der Waals surface area (Å²) < 4.78 is 5.07. The zero-order valence-electron chi connectivity index (χ0n) is 7.55. The van der Waals surface area contributed by atoms with Crippen LogP contribution in [-0.2, 0) is 4.74 Å². The molecule has 1 aromatic heterocycles. The molecule has 6 heteroatoms. The number of rotatable bonds is 2. The third kappa shape index (κ3) is 1.91. The van der Waals surface area contributed by atoms with Crippen LogP contribution in [-0.4, -0.2) is 40.4 Å². The molecule has 0 aromatic carbocycles. The summed E-state index contributed by atoms with van der Waals surface area (Å²) in [4.78, 5) is 7.92. The number of hydrogen-bond acceptors (Lipinski definition) is 6. The summed E-state index contributed by atoms with van der Waals surface area (Å²) in [5.74, 6) is 0.453. The first-order valence-electron chi connectivity index (χ1n) is 4.35. The zero-order chi connectivity index (χ0) is 9.97. The maximum Gasteiger partial charge on any atom is 0.223 e. The van der Waals surface area contributed by atoms with E-state index in [1.165, 1.54) is 12.4 Å². The molecule has 1 fully saturated rings. The van der Waals surface area contributed by atoms with E-state index >= 15 is 0 Å². The van der Waals surface area contributed by atoms with Gasteiger partial charge in [-0.05, 0) is 0 Å². The highest BCUT2D eigenvalue weighted by molar-refractivity contribution is 5.36. The van der Waals surface area contributed by atoms with E-state index in [0.717, 1.165) is 0 Å². The number of nitrogens with zero attached hydrogens (tertiary/aromatic N) is 2. The van der Waals surface area contributed by atoms with Crippen molar-refractivity contribution in [2.45, 2.75) is 12.1 Å². The van der Waals surface area contributed by atoms with E-state index in [4.69, 9.17) is 10.5 Å². The Balaban J connectivity index is 2.00. The molecule has 0 spiro atoms. The summed E-state index contributed by atoms with van der Waals surface area (Å²) in [6.07, 6.45) is 2.52. The number of nitrogens with one attached hydrogen (secondary N) is 1. The second-order valence-electron chi connectivity index (χ2n) is 3.20. The van der Waals surface area contributed by atoms with Crippen LogP contribution >= 0.6 is 0 Å². The largest absolute Gasteiger partial charge is 0.396 e. The molecule has 6 nitrogen and oxygen atoms in total. The van der Waals surface area contributed by atoms with Crippen molar-refractivity contribution in [3.63, 3.8) is 0 Å². The van der Waals surface area contributed by atoms with Gasteiger partial charge in [0.15, 0.2) is 0 Å². The van der Waals surface area contributed by atoms with E-state index in [9.17, 15) is 5.11 Å². The maximum absolute atomic E-state index is 9.44. The Hall–Kier alpha value is -1.40. The number of aliphatic hydroxyl groups excluding tert-OH is 1. The van der Waals surface area contributed by atoms with E-state index in [1.807, 2.05) is 0 Å². The van der Waals surface area contributed by atoms with Crippen LogP contribution in [0.3, 0.4) is 0 Å². The molecule has 2 rings (SSSR count). The standard InChI is InChI=1S/C8H12N4O2/c9-5-1-10-8(11-2-5)12-6-3-14-4-7(6)13/h1-2,6-7,13H,3-4,9H2,(H,10,11,12)/t6-,7-/m1/s1. The molecule has 0 amide bonds. The molecular weight excluding hydrogens is 184 g/mol. The average molecular weight is 196 g/mol. The lowest BCUT2D eigenvalue weighted by molar-refractivity contribution is 0.125. The van der Waals surface area contributed by atoms with Gasteiger partial charge in [-0.2, -0.15) is 0 Å². The maximum atomic E-state index is 9.44. The monoisotopic (exact) mass is 196 g/mol. The van der Waals surface area contributed by atoms with Crippen molar-refractivity contribution >= 4 is 11.6 Å². The summed E-state index contributed by atoms with van der Waals surface area (Å²) in [6, 6.07) is -0.140. The molecule has 1 aliphatic rings. The molecular formula is C8H12N4O2. The van der Waals surface area contributed by atoms with Crippen molar-refractivity contribution in [1.82, 2.24) is 9.97 Å². The van der Waals surface area contributed by atoms with E-state index < -0.39 is 6.10 Å². The van der Waals surface area contributed by atoms with Gasteiger partial charge >= 0.3 is 0 Å². The van der Waals surface area contributed by atoms with Gasteiger partial charge in [-0.25, -0.2) is 9.97 Å². The van der Waals surface area contributed by atoms with Crippen LogP contribution in [0.4, 0.5) is 11.6 Å². The summed E-state index contributed by atoms with van der Waals surface area (Å²) in [6.45, 7) is 0.821. The van der Waals surface area contributed by atoms with Crippen LogP contribution in [0.5, 0.6) is 0 Å².